The van der Waals surface area contributed by atoms with Gasteiger partial charge in [-0.05, 0) is 37.5 Å². The minimum atomic E-state index is -4.96. The molecule has 3 N–H and O–H groups in total. The predicted octanol–water partition coefficient (Wildman–Crippen LogP) is 25.5. The van der Waals surface area contributed by atoms with Crippen LogP contribution in [0.5, 0.6) is 0 Å². The Morgan fingerprint density at radius 1 is 0.282 bits per heavy atom. The average molecular weight is 1510 g/mol. The van der Waals surface area contributed by atoms with Crippen molar-refractivity contribution in [3.05, 3.63) is 0 Å². The zero-order valence-corrected chi connectivity index (χ0v) is 69.4. The number of ether oxygens (including phenoxy) is 4. The van der Waals surface area contributed by atoms with E-state index in [1.54, 1.807) is 0 Å². The van der Waals surface area contributed by atoms with Crippen molar-refractivity contribution in [2.75, 3.05) is 39.6 Å². The number of unbranched alkanes of at least 4 members (excludes halogenated alkanes) is 52. The highest BCUT2D eigenvalue weighted by Gasteiger charge is 2.30. The van der Waals surface area contributed by atoms with E-state index in [1.165, 1.54) is 263 Å². The molecule has 0 amide bonds. The van der Waals surface area contributed by atoms with Crippen molar-refractivity contribution >= 4 is 39.5 Å². The fourth-order valence-electron chi connectivity index (χ4n) is 13.0. The number of rotatable bonds is 83. The van der Waals surface area contributed by atoms with Gasteiger partial charge in [0.05, 0.1) is 26.4 Å². The minimum absolute atomic E-state index is 0.108. The summed E-state index contributed by atoms with van der Waals surface area (Å²) in [7, 11) is -9.93. The lowest BCUT2D eigenvalue weighted by molar-refractivity contribution is -0.161. The molecule has 0 radical (unpaired) electrons. The van der Waals surface area contributed by atoms with E-state index in [-0.39, 0.29) is 25.7 Å². The molecule has 0 fully saturated rings. The Balaban J connectivity index is 5.27. The van der Waals surface area contributed by atoms with Gasteiger partial charge in [-0.15, -0.1) is 0 Å². The Hall–Kier alpha value is -1.94. The third-order valence-corrected chi connectivity index (χ3v) is 22.0. The van der Waals surface area contributed by atoms with Crippen LogP contribution in [0.4, 0.5) is 0 Å². The van der Waals surface area contributed by atoms with Crippen molar-refractivity contribution in [2.45, 2.75) is 464 Å². The molecule has 0 aliphatic heterocycles. The van der Waals surface area contributed by atoms with Gasteiger partial charge in [-0.25, -0.2) is 9.13 Å². The second-order valence-electron chi connectivity index (χ2n) is 30.9. The molecule has 0 aliphatic rings. The van der Waals surface area contributed by atoms with Gasteiger partial charge in [-0.2, -0.15) is 0 Å². The van der Waals surface area contributed by atoms with Gasteiger partial charge in [-0.1, -0.05) is 395 Å². The van der Waals surface area contributed by atoms with Gasteiger partial charge in [0.2, 0.25) is 0 Å². The van der Waals surface area contributed by atoms with E-state index >= 15 is 0 Å². The van der Waals surface area contributed by atoms with Gasteiger partial charge in [0.1, 0.15) is 19.3 Å². The Morgan fingerprint density at radius 3 is 0.738 bits per heavy atom. The second kappa shape index (κ2) is 75.5. The van der Waals surface area contributed by atoms with E-state index in [1.807, 2.05) is 0 Å². The number of esters is 4. The van der Waals surface area contributed by atoms with Crippen molar-refractivity contribution in [2.24, 2.45) is 11.8 Å². The molecule has 6 atom stereocenters. The molecule has 0 aromatic carbocycles. The van der Waals surface area contributed by atoms with Gasteiger partial charge in [-0.3, -0.25) is 37.3 Å². The van der Waals surface area contributed by atoms with Gasteiger partial charge >= 0.3 is 39.5 Å². The van der Waals surface area contributed by atoms with Crippen LogP contribution in [0.3, 0.4) is 0 Å². The van der Waals surface area contributed by atoms with Crippen molar-refractivity contribution in [3.8, 4) is 0 Å². The molecule has 0 saturated heterocycles. The number of phosphoric ester groups is 2. The van der Waals surface area contributed by atoms with Crippen LogP contribution in [0, 0.1) is 11.8 Å². The third-order valence-electron chi connectivity index (χ3n) is 20.1. The molecular formula is C84H164O17P2. The van der Waals surface area contributed by atoms with Crippen LogP contribution in [-0.2, 0) is 65.4 Å². The SMILES string of the molecule is CCCCCCCCCCCCCCCCCCCC(=O)OC[C@H](COP(=O)(O)OC[C@@H](O)COP(=O)(O)OC[C@@H](COC(=O)CCCCCCCCCCCC(C)C)OC(=O)CCCCCCCCCCCCCCCCCC)OC(=O)CCCCCCCCCCCCCCCCC(C)CC. The Kier molecular flexibility index (Phi) is 74.1. The first-order chi connectivity index (χ1) is 49.9. The van der Waals surface area contributed by atoms with Crippen molar-refractivity contribution < 1.29 is 80.2 Å². The molecule has 0 spiro atoms. The van der Waals surface area contributed by atoms with Crippen LogP contribution >= 0.6 is 15.6 Å². The summed E-state index contributed by atoms with van der Waals surface area (Å²) in [5.41, 5.74) is 0. The fourth-order valence-corrected chi connectivity index (χ4v) is 14.6. The van der Waals surface area contributed by atoms with Crippen LogP contribution in [0.1, 0.15) is 446 Å². The molecule has 103 heavy (non-hydrogen) atoms. The highest BCUT2D eigenvalue weighted by atomic mass is 31.2. The van der Waals surface area contributed by atoms with E-state index in [2.05, 4.69) is 41.5 Å². The molecule has 0 heterocycles. The van der Waals surface area contributed by atoms with E-state index in [9.17, 15) is 43.2 Å². The average Bonchev–Trinajstić information content (AvgIpc) is 0.923. The lowest BCUT2D eigenvalue weighted by atomic mass is 9.99. The van der Waals surface area contributed by atoms with Crippen LogP contribution in [0.25, 0.3) is 0 Å². The molecule has 0 aliphatic carbocycles. The summed E-state index contributed by atoms with van der Waals surface area (Å²) in [6.07, 6.45) is 66.4. The number of phosphoric acid groups is 2. The van der Waals surface area contributed by atoms with Crippen LogP contribution in [0.2, 0.25) is 0 Å². The van der Waals surface area contributed by atoms with Crippen molar-refractivity contribution in [3.63, 3.8) is 0 Å². The van der Waals surface area contributed by atoms with E-state index in [0.29, 0.717) is 25.7 Å². The first kappa shape index (κ1) is 101. The summed E-state index contributed by atoms with van der Waals surface area (Å²) in [6, 6.07) is 0. The van der Waals surface area contributed by atoms with Gasteiger partial charge in [0.15, 0.2) is 12.2 Å². The van der Waals surface area contributed by atoms with Gasteiger partial charge < -0.3 is 33.8 Å². The van der Waals surface area contributed by atoms with Gasteiger partial charge in [0, 0.05) is 25.7 Å². The number of aliphatic hydroxyl groups is 1. The van der Waals surface area contributed by atoms with Crippen molar-refractivity contribution in [1.82, 2.24) is 0 Å². The van der Waals surface area contributed by atoms with Crippen LogP contribution in [-0.4, -0.2) is 96.7 Å². The summed E-state index contributed by atoms with van der Waals surface area (Å²) in [5.74, 6) is -0.513. The topological polar surface area (TPSA) is 237 Å². The molecule has 0 saturated carbocycles. The molecule has 612 valence electrons. The first-order valence-electron chi connectivity index (χ1n) is 43.5. The molecule has 0 rings (SSSR count). The molecule has 0 aromatic heterocycles. The van der Waals surface area contributed by atoms with E-state index in [0.717, 1.165) is 102 Å². The summed E-state index contributed by atoms with van der Waals surface area (Å²) in [4.78, 5) is 73.2. The van der Waals surface area contributed by atoms with Crippen LogP contribution in [0.15, 0.2) is 0 Å². The summed E-state index contributed by atoms with van der Waals surface area (Å²) in [6.45, 7) is 9.70. The monoisotopic (exact) mass is 1510 g/mol. The number of carbonyl (C=O) groups excluding carboxylic acids is 4. The van der Waals surface area contributed by atoms with E-state index in [4.69, 9.17) is 37.0 Å². The maximum Gasteiger partial charge on any atom is 0.472 e. The highest BCUT2D eigenvalue weighted by molar-refractivity contribution is 7.47. The smallest absolute Gasteiger partial charge is 0.462 e. The number of hydrogen-bond donors (Lipinski definition) is 3. The molecule has 19 heteroatoms. The molecule has 17 nitrogen and oxygen atoms in total. The maximum atomic E-state index is 13.1. The Labute approximate surface area is 632 Å². The fraction of sp³-hybridized carbons (Fsp3) is 0.952. The second-order valence-corrected chi connectivity index (χ2v) is 33.8. The zero-order chi connectivity index (χ0) is 75.6. The lowest BCUT2D eigenvalue weighted by Crippen LogP contribution is -2.30. The number of aliphatic hydroxyl groups excluding tert-OH is 1. The normalized spacial score (nSPS) is 14.1. The Morgan fingerprint density at radius 2 is 0.495 bits per heavy atom. The van der Waals surface area contributed by atoms with Crippen molar-refractivity contribution in [1.29, 1.82) is 0 Å². The lowest BCUT2D eigenvalue weighted by Gasteiger charge is -2.21. The van der Waals surface area contributed by atoms with Gasteiger partial charge in [0.25, 0.3) is 0 Å². The largest absolute Gasteiger partial charge is 0.472 e. The number of carbonyl (C=O) groups is 4. The first-order valence-corrected chi connectivity index (χ1v) is 46.5. The summed E-state index contributed by atoms with van der Waals surface area (Å²) >= 11 is 0. The quantitative estimate of drug-likeness (QED) is 0.0222. The molecule has 0 aromatic rings. The minimum Gasteiger partial charge on any atom is -0.462 e. The summed E-state index contributed by atoms with van der Waals surface area (Å²) in [5, 5.41) is 10.7. The molecular weight excluding hydrogens is 1340 g/mol. The Bertz CT molecular complexity index is 1980. The maximum absolute atomic E-state index is 13.1. The molecule has 3 unspecified atom stereocenters. The zero-order valence-electron chi connectivity index (χ0n) is 67.6. The molecule has 0 bridgehead atoms. The predicted molar refractivity (Wildman–Crippen MR) is 423 cm³/mol. The standard InChI is InChI=1S/C84H164O17P2/c1-7-10-12-14-16-18-20-22-24-26-28-32-36-42-48-54-60-66-81(86)94-72-79(100-84(89)69-63-57-51-44-38-34-30-29-31-35-41-47-53-59-65-77(6)9-3)74-98-102(90,91)96-70-78(85)71-97-103(92,93)99-75-80(73-95-82(87)67-61-55-49-45-39-40-46-52-58-64-76(4)5)101-83(88)68-62-56-50-43-37-33-27-25-23-21-19-17-15-13-11-8-2/h76-80,85H,7-75H2,1-6H3,(H,90,91)(H,92,93)/t77?,78-,79-,80-/m1/s1. The van der Waals surface area contributed by atoms with Crippen LogP contribution < -0.4 is 0 Å². The third kappa shape index (κ3) is 76.6. The summed E-state index contributed by atoms with van der Waals surface area (Å²) < 4.78 is 68.9. The van der Waals surface area contributed by atoms with E-state index < -0.39 is 97.5 Å². The number of hydrogen-bond acceptors (Lipinski definition) is 15. The highest BCUT2D eigenvalue weighted by Crippen LogP contribution is 2.45.